The molecule has 0 aliphatic carbocycles. The minimum absolute atomic E-state index is 0.446. The van der Waals surface area contributed by atoms with E-state index in [2.05, 4.69) is 15.3 Å². The van der Waals surface area contributed by atoms with Gasteiger partial charge in [-0.15, -0.1) is 11.3 Å². The average molecular weight is 276 g/mol. The lowest BCUT2D eigenvalue weighted by Gasteiger charge is -1.96. The number of nitrogens with one attached hydrogen (secondary N) is 1. The number of nitrogens with zero attached hydrogens (tertiary/aromatic N) is 3. The maximum absolute atomic E-state index is 5.18. The Balaban J connectivity index is 2.02. The lowest BCUT2D eigenvalue weighted by Crippen LogP contribution is -1.93. The van der Waals surface area contributed by atoms with Gasteiger partial charge in [0.05, 0.1) is 17.4 Å². The van der Waals surface area contributed by atoms with Gasteiger partial charge in [-0.1, -0.05) is 6.07 Å². The Morgan fingerprint density at radius 1 is 1.44 bits per heavy atom. The first-order valence-corrected chi connectivity index (χ1v) is 6.42. The van der Waals surface area contributed by atoms with Gasteiger partial charge in [-0.05, 0) is 35.8 Å². The number of rotatable bonds is 3. The second kappa shape index (κ2) is 4.71. The van der Waals surface area contributed by atoms with Crippen molar-refractivity contribution in [1.29, 1.82) is 0 Å². The summed E-state index contributed by atoms with van der Waals surface area (Å²) < 4.78 is 7.20. The second-order valence-corrected chi connectivity index (χ2v) is 4.74. The van der Waals surface area contributed by atoms with Crippen molar-refractivity contribution in [1.82, 2.24) is 14.9 Å². The number of hydrogen-bond donors (Lipinski definition) is 1. The van der Waals surface area contributed by atoms with Crippen LogP contribution in [0.2, 0.25) is 0 Å². The van der Waals surface area contributed by atoms with Gasteiger partial charge in [0.1, 0.15) is 5.76 Å². The summed E-state index contributed by atoms with van der Waals surface area (Å²) in [5.74, 6) is 1.35. The minimum atomic E-state index is 0.446. The van der Waals surface area contributed by atoms with Crippen LogP contribution in [0, 0.1) is 4.77 Å². The first kappa shape index (κ1) is 11.1. The fourth-order valence-electron chi connectivity index (χ4n) is 1.44. The highest BCUT2D eigenvalue weighted by Crippen LogP contribution is 2.22. The van der Waals surface area contributed by atoms with E-state index in [1.165, 1.54) is 0 Å². The van der Waals surface area contributed by atoms with E-state index < -0.39 is 0 Å². The zero-order chi connectivity index (χ0) is 12.4. The van der Waals surface area contributed by atoms with Gasteiger partial charge >= 0.3 is 0 Å². The molecule has 0 saturated carbocycles. The van der Waals surface area contributed by atoms with Crippen LogP contribution in [-0.4, -0.2) is 21.1 Å². The van der Waals surface area contributed by atoms with Gasteiger partial charge in [0.2, 0.25) is 4.77 Å². The maximum Gasteiger partial charge on any atom is 0.216 e. The third-order valence-corrected chi connectivity index (χ3v) is 3.37. The summed E-state index contributed by atoms with van der Waals surface area (Å²) in [7, 11) is 0. The molecule has 3 heterocycles. The number of aromatic amines is 1. The van der Waals surface area contributed by atoms with E-state index in [4.69, 9.17) is 16.6 Å². The summed E-state index contributed by atoms with van der Waals surface area (Å²) in [5, 5.41) is 13.2. The average Bonchev–Trinajstić information content (AvgIpc) is 3.08. The predicted molar refractivity (Wildman–Crippen MR) is 72.4 cm³/mol. The van der Waals surface area contributed by atoms with Crippen LogP contribution in [0.25, 0.3) is 10.7 Å². The summed E-state index contributed by atoms with van der Waals surface area (Å²) in [5.41, 5.74) is 0. The molecule has 90 valence electrons. The van der Waals surface area contributed by atoms with E-state index in [1.54, 1.807) is 34.6 Å². The van der Waals surface area contributed by atoms with Gasteiger partial charge in [-0.25, -0.2) is 5.10 Å². The molecule has 3 rings (SSSR count). The maximum atomic E-state index is 5.18. The van der Waals surface area contributed by atoms with E-state index in [0.717, 1.165) is 4.88 Å². The topological polar surface area (TPSA) is 59.1 Å². The number of thiophene rings is 1. The van der Waals surface area contributed by atoms with E-state index in [1.807, 2.05) is 23.6 Å². The fraction of sp³-hybridized carbons (Fsp3) is 0. The van der Waals surface area contributed by atoms with E-state index in [0.29, 0.717) is 16.4 Å². The molecule has 0 fully saturated rings. The normalized spacial score (nSPS) is 11.3. The van der Waals surface area contributed by atoms with Crippen molar-refractivity contribution in [3.63, 3.8) is 0 Å². The Labute approximate surface area is 111 Å². The van der Waals surface area contributed by atoms with Gasteiger partial charge in [0.15, 0.2) is 5.82 Å². The molecule has 0 spiro atoms. The largest absolute Gasteiger partial charge is 0.463 e. The fourth-order valence-corrected chi connectivity index (χ4v) is 2.32. The second-order valence-electron chi connectivity index (χ2n) is 3.40. The molecule has 1 N–H and O–H groups in total. The summed E-state index contributed by atoms with van der Waals surface area (Å²) in [6, 6.07) is 7.54. The summed E-state index contributed by atoms with van der Waals surface area (Å²) >= 11 is 6.73. The zero-order valence-electron chi connectivity index (χ0n) is 9.11. The van der Waals surface area contributed by atoms with E-state index >= 15 is 0 Å². The molecule has 0 aliphatic heterocycles. The van der Waals surface area contributed by atoms with Crippen molar-refractivity contribution < 1.29 is 4.42 Å². The van der Waals surface area contributed by atoms with Crippen LogP contribution in [0.15, 0.2) is 45.4 Å². The molecule has 0 unspecified atom stereocenters. The SMILES string of the molecule is S=c1[nH]nc(-c2cccs2)n1N=Cc1ccco1. The van der Waals surface area contributed by atoms with Crippen LogP contribution < -0.4 is 0 Å². The molecule has 3 aromatic rings. The number of aromatic nitrogens is 3. The van der Waals surface area contributed by atoms with Crippen LogP contribution in [0.1, 0.15) is 5.76 Å². The van der Waals surface area contributed by atoms with Gasteiger partial charge in [-0.2, -0.15) is 14.9 Å². The highest BCUT2D eigenvalue weighted by molar-refractivity contribution is 7.71. The van der Waals surface area contributed by atoms with E-state index in [9.17, 15) is 0 Å². The van der Waals surface area contributed by atoms with Gasteiger partial charge in [0, 0.05) is 0 Å². The summed E-state index contributed by atoms with van der Waals surface area (Å²) in [4.78, 5) is 0.999. The lowest BCUT2D eigenvalue weighted by molar-refractivity contribution is 0.559. The van der Waals surface area contributed by atoms with Crippen LogP contribution in [0.5, 0.6) is 0 Å². The minimum Gasteiger partial charge on any atom is -0.463 e. The molecular formula is C11H8N4OS2. The summed E-state index contributed by atoms with van der Waals surface area (Å²) in [6.07, 6.45) is 3.19. The molecule has 0 bridgehead atoms. The van der Waals surface area contributed by atoms with Crippen molar-refractivity contribution in [3.05, 3.63) is 46.4 Å². The Hall–Kier alpha value is -1.99. The van der Waals surface area contributed by atoms with Crippen molar-refractivity contribution in [2.24, 2.45) is 5.10 Å². The Kier molecular flexibility index (Phi) is 2.91. The molecule has 0 amide bonds. The van der Waals surface area contributed by atoms with Crippen LogP contribution in [-0.2, 0) is 0 Å². The summed E-state index contributed by atoms with van der Waals surface area (Å²) in [6.45, 7) is 0. The van der Waals surface area contributed by atoms with Crippen LogP contribution in [0.4, 0.5) is 0 Å². The predicted octanol–water partition coefficient (Wildman–Crippen LogP) is 3.14. The molecule has 0 aromatic carbocycles. The van der Waals surface area contributed by atoms with Crippen molar-refractivity contribution in [2.75, 3.05) is 0 Å². The van der Waals surface area contributed by atoms with Crippen LogP contribution >= 0.6 is 23.6 Å². The number of hydrogen-bond acceptors (Lipinski definition) is 5. The molecule has 0 saturated heterocycles. The quantitative estimate of drug-likeness (QED) is 0.590. The molecule has 5 nitrogen and oxygen atoms in total. The number of furan rings is 1. The van der Waals surface area contributed by atoms with Crippen molar-refractivity contribution in [3.8, 4) is 10.7 Å². The smallest absolute Gasteiger partial charge is 0.216 e. The lowest BCUT2D eigenvalue weighted by atomic mass is 10.4. The first-order valence-electron chi connectivity index (χ1n) is 5.14. The third-order valence-electron chi connectivity index (χ3n) is 2.24. The monoisotopic (exact) mass is 276 g/mol. The van der Waals surface area contributed by atoms with Crippen LogP contribution in [0.3, 0.4) is 0 Å². The molecule has 0 atom stereocenters. The number of H-pyrrole nitrogens is 1. The molecule has 7 heteroatoms. The molecule has 18 heavy (non-hydrogen) atoms. The Morgan fingerprint density at radius 3 is 3.11 bits per heavy atom. The molecule has 0 aliphatic rings. The highest BCUT2D eigenvalue weighted by atomic mass is 32.1. The molecule has 3 aromatic heterocycles. The standard InChI is InChI=1S/C11H8N4OS2/c17-11-14-13-10(9-4-2-6-18-9)15(11)12-7-8-3-1-5-16-8/h1-7H,(H,14,17). The Morgan fingerprint density at radius 2 is 2.39 bits per heavy atom. The van der Waals surface area contributed by atoms with Crippen molar-refractivity contribution in [2.45, 2.75) is 0 Å². The highest BCUT2D eigenvalue weighted by Gasteiger charge is 2.08. The van der Waals surface area contributed by atoms with Crippen molar-refractivity contribution >= 4 is 29.8 Å². The Bertz CT molecular complexity index is 707. The van der Waals surface area contributed by atoms with Gasteiger partial charge in [-0.3, -0.25) is 0 Å². The molecule has 0 radical (unpaired) electrons. The van der Waals surface area contributed by atoms with Gasteiger partial charge < -0.3 is 4.42 Å². The van der Waals surface area contributed by atoms with Gasteiger partial charge in [0.25, 0.3) is 0 Å². The zero-order valence-corrected chi connectivity index (χ0v) is 10.7. The van der Waals surface area contributed by atoms with E-state index in [-0.39, 0.29) is 0 Å². The first-order chi connectivity index (χ1) is 8.84. The molecular weight excluding hydrogens is 268 g/mol. The third kappa shape index (κ3) is 2.05.